The fraction of sp³-hybridized carbons (Fsp3) is 0.500. The van der Waals surface area contributed by atoms with Crippen LogP contribution < -0.4 is 5.32 Å². The van der Waals surface area contributed by atoms with Crippen LogP contribution in [0, 0.1) is 13.8 Å². The number of nitrogens with one attached hydrogen (secondary N) is 1. The van der Waals surface area contributed by atoms with E-state index in [9.17, 15) is 14.7 Å². The maximum Gasteiger partial charge on any atom is 0.342 e. The summed E-state index contributed by atoms with van der Waals surface area (Å²) in [6.45, 7) is 13.1. The van der Waals surface area contributed by atoms with Crippen LogP contribution in [0.2, 0.25) is 0 Å². The summed E-state index contributed by atoms with van der Waals surface area (Å²) in [4.78, 5) is 25.3. The summed E-state index contributed by atoms with van der Waals surface area (Å²) >= 11 is 0. The molecule has 0 saturated heterocycles. The van der Waals surface area contributed by atoms with E-state index in [4.69, 9.17) is 4.74 Å². The Balaban J connectivity index is 2.23. The number of phenolic OH excluding ortho intramolecular Hbond substituents is 1. The molecule has 1 amide bonds. The normalized spacial score (nSPS) is 12.3. The van der Waals surface area contributed by atoms with Crippen LogP contribution in [0.5, 0.6) is 5.75 Å². The summed E-state index contributed by atoms with van der Waals surface area (Å²) in [6.07, 6.45) is -1.04. The number of rotatable bonds is 6. The van der Waals surface area contributed by atoms with Crippen LogP contribution in [0.15, 0.2) is 12.1 Å². The van der Waals surface area contributed by atoms with Gasteiger partial charge in [0.2, 0.25) is 0 Å². The lowest BCUT2D eigenvalue weighted by molar-refractivity contribution is -0.123. The highest BCUT2D eigenvalue weighted by molar-refractivity contribution is 5.99. The number of amides is 1. The number of ether oxygens (including phenoxy) is 1. The first kappa shape index (κ1) is 22.5. The second-order valence-corrected chi connectivity index (χ2v) is 8.02. The second-order valence-electron chi connectivity index (χ2n) is 8.02. The minimum atomic E-state index is -1.04. The molecule has 0 bridgehead atoms. The predicted octanol–water partition coefficient (Wildman–Crippen LogP) is 4.17. The van der Waals surface area contributed by atoms with Crippen LogP contribution in [0.1, 0.15) is 79.3 Å². The SMILES string of the molecule is Cc1nn(C)c(C)c1NC(=O)[C@@H](C)OC(=O)c1cc(C(C)C)cc(C(C)C)c1O. The second kappa shape index (κ2) is 8.68. The Morgan fingerprint density at radius 1 is 1.10 bits per heavy atom. The third kappa shape index (κ3) is 4.78. The molecule has 0 aliphatic rings. The molecular weight excluding hydrogens is 370 g/mol. The van der Waals surface area contributed by atoms with Gasteiger partial charge in [-0.2, -0.15) is 5.10 Å². The average molecular weight is 402 g/mol. The van der Waals surface area contributed by atoms with Gasteiger partial charge >= 0.3 is 5.97 Å². The number of aromatic nitrogens is 2. The van der Waals surface area contributed by atoms with E-state index in [1.165, 1.54) is 6.92 Å². The maximum absolute atomic E-state index is 12.7. The molecule has 7 nitrogen and oxygen atoms in total. The number of anilines is 1. The highest BCUT2D eigenvalue weighted by Crippen LogP contribution is 2.33. The Morgan fingerprint density at radius 3 is 2.21 bits per heavy atom. The highest BCUT2D eigenvalue weighted by atomic mass is 16.5. The van der Waals surface area contributed by atoms with Crippen LogP contribution in [-0.4, -0.2) is 32.9 Å². The fourth-order valence-corrected chi connectivity index (χ4v) is 3.07. The number of nitrogens with zero attached hydrogens (tertiary/aromatic N) is 2. The molecule has 2 N–H and O–H groups in total. The summed E-state index contributed by atoms with van der Waals surface area (Å²) in [5.74, 6) is -1.06. The van der Waals surface area contributed by atoms with E-state index in [1.54, 1.807) is 24.7 Å². The molecule has 1 heterocycles. The van der Waals surface area contributed by atoms with Gasteiger partial charge in [-0.15, -0.1) is 0 Å². The number of benzene rings is 1. The predicted molar refractivity (Wildman–Crippen MR) is 112 cm³/mol. The zero-order valence-electron chi connectivity index (χ0n) is 18.5. The van der Waals surface area contributed by atoms with Gasteiger partial charge in [0.15, 0.2) is 6.10 Å². The standard InChI is InChI=1S/C22H31N3O4/c1-11(2)16-9-17(12(3)4)20(26)18(10-16)22(28)29-15(7)21(27)23-19-13(5)24-25(8)14(19)6/h9-12,15,26H,1-8H3,(H,23,27)/t15-/m1/s1. The number of aryl methyl sites for hydroxylation is 2. The zero-order chi connectivity index (χ0) is 22.0. The number of carbonyl (C=O) groups excluding carboxylic acids is 2. The average Bonchev–Trinajstić information content (AvgIpc) is 2.87. The van der Waals surface area contributed by atoms with Crippen molar-refractivity contribution in [3.8, 4) is 5.75 Å². The minimum Gasteiger partial charge on any atom is -0.507 e. The molecule has 0 unspecified atom stereocenters. The van der Waals surface area contributed by atoms with E-state index in [2.05, 4.69) is 10.4 Å². The maximum atomic E-state index is 12.7. The molecule has 0 aliphatic carbocycles. The first-order chi connectivity index (χ1) is 13.4. The van der Waals surface area contributed by atoms with Crippen molar-refractivity contribution in [1.29, 1.82) is 0 Å². The highest BCUT2D eigenvalue weighted by Gasteiger charge is 2.25. The van der Waals surface area contributed by atoms with E-state index in [0.29, 0.717) is 16.9 Å². The molecule has 1 aromatic heterocycles. The Morgan fingerprint density at radius 2 is 1.72 bits per heavy atom. The van der Waals surface area contributed by atoms with Gasteiger partial charge in [0.05, 0.1) is 17.1 Å². The molecule has 0 saturated carbocycles. The van der Waals surface area contributed by atoms with E-state index in [1.807, 2.05) is 40.7 Å². The molecule has 7 heteroatoms. The van der Waals surface area contributed by atoms with Crippen LogP contribution in [0.3, 0.4) is 0 Å². The first-order valence-corrected chi connectivity index (χ1v) is 9.82. The van der Waals surface area contributed by atoms with Gasteiger partial charge in [-0.25, -0.2) is 4.79 Å². The van der Waals surface area contributed by atoms with Crippen molar-refractivity contribution < 1.29 is 19.4 Å². The van der Waals surface area contributed by atoms with Crippen molar-refractivity contribution in [1.82, 2.24) is 9.78 Å². The lowest BCUT2D eigenvalue weighted by Crippen LogP contribution is -2.30. The summed E-state index contributed by atoms with van der Waals surface area (Å²) in [5, 5.41) is 17.6. The van der Waals surface area contributed by atoms with Gasteiger partial charge in [0.1, 0.15) is 11.3 Å². The summed E-state index contributed by atoms with van der Waals surface area (Å²) in [6, 6.07) is 3.54. The Labute approximate surface area is 172 Å². The number of carbonyl (C=O) groups is 2. The van der Waals surface area contributed by atoms with Gasteiger partial charge in [-0.05, 0) is 49.8 Å². The topological polar surface area (TPSA) is 93.5 Å². The summed E-state index contributed by atoms with van der Waals surface area (Å²) in [5.41, 5.74) is 3.78. The molecule has 0 fully saturated rings. The van der Waals surface area contributed by atoms with Crippen LogP contribution in [-0.2, 0) is 16.6 Å². The van der Waals surface area contributed by atoms with Gasteiger partial charge in [-0.1, -0.05) is 33.8 Å². The largest absolute Gasteiger partial charge is 0.507 e. The first-order valence-electron chi connectivity index (χ1n) is 9.82. The molecule has 1 aromatic carbocycles. The van der Waals surface area contributed by atoms with Crippen molar-refractivity contribution in [2.75, 3.05) is 5.32 Å². The Kier molecular flexibility index (Phi) is 6.72. The number of aromatic hydroxyl groups is 1. The number of esters is 1. The molecule has 158 valence electrons. The zero-order valence-corrected chi connectivity index (χ0v) is 18.5. The molecular formula is C22H31N3O4. The van der Waals surface area contributed by atoms with Crippen LogP contribution in [0.25, 0.3) is 0 Å². The summed E-state index contributed by atoms with van der Waals surface area (Å²) < 4.78 is 7.04. The molecule has 2 rings (SSSR count). The van der Waals surface area contributed by atoms with Crippen molar-refractivity contribution in [2.45, 2.75) is 66.4 Å². The molecule has 0 spiro atoms. The van der Waals surface area contributed by atoms with Gasteiger partial charge in [0.25, 0.3) is 5.91 Å². The molecule has 0 radical (unpaired) electrons. The van der Waals surface area contributed by atoms with Crippen LogP contribution in [0.4, 0.5) is 5.69 Å². The fourth-order valence-electron chi connectivity index (χ4n) is 3.07. The Bertz CT molecular complexity index is 929. The Hall–Kier alpha value is -2.83. The van der Waals surface area contributed by atoms with E-state index in [-0.39, 0.29) is 23.1 Å². The smallest absolute Gasteiger partial charge is 0.342 e. The summed E-state index contributed by atoms with van der Waals surface area (Å²) in [7, 11) is 1.79. The molecule has 0 aliphatic heterocycles. The molecule has 2 aromatic rings. The van der Waals surface area contributed by atoms with Crippen molar-refractivity contribution in [3.05, 3.63) is 40.2 Å². The number of hydrogen-bond acceptors (Lipinski definition) is 5. The number of phenols is 1. The van der Waals surface area contributed by atoms with Gasteiger partial charge in [-0.3, -0.25) is 9.48 Å². The molecule has 1 atom stereocenters. The van der Waals surface area contributed by atoms with E-state index in [0.717, 1.165) is 11.3 Å². The quantitative estimate of drug-likeness (QED) is 0.709. The van der Waals surface area contributed by atoms with Crippen molar-refractivity contribution in [3.63, 3.8) is 0 Å². The van der Waals surface area contributed by atoms with E-state index >= 15 is 0 Å². The monoisotopic (exact) mass is 401 g/mol. The van der Waals surface area contributed by atoms with Gasteiger partial charge in [0, 0.05) is 7.05 Å². The minimum absolute atomic E-state index is 0.0394. The lowest BCUT2D eigenvalue weighted by atomic mass is 9.92. The third-order valence-electron chi connectivity index (χ3n) is 5.08. The van der Waals surface area contributed by atoms with Gasteiger partial charge < -0.3 is 15.2 Å². The van der Waals surface area contributed by atoms with Crippen LogP contribution >= 0.6 is 0 Å². The van der Waals surface area contributed by atoms with Crippen molar-refractivity contribution >= 4 is 17.6 Å². The third-order valence-corrected chi connectivity index (χ3v) is 5.08. The lowest BCUT2D eigenvalue weighted by Gasteiger charge is -2.18. The van der Waals surface area contributed by atoms with Crippen molar-refractivity contribution in [2.24, 2.45) is 7.05 Å². The molecule has 29 heavy (non-hydrogen) atoms. The number of hydrogen-bond donors (Lipinski definition) is 2. The van der Waals surface area contributed by atoms with E-state index < -0.39 is 18.0 Å².